The number of anilines is 1. The summed E-state index contributed by atoms with van der Waals surface area (Å²) in [5.41, 5.74) is 6.31. The Morgan fingerprint density at radius 2 is 2.21 bits per heavy atom. The Bertz CT molecular complexity index is 520. The number of nitrogens with one attached hydrogen (secondary N) is 2. The largest absolute Gasteiger partial charge is 0.395 e. The first kappa shape index (κ1) is 13.4. The van der Waals surface area contributed by atoms with Gasteiger partial charge in [-0.1, -0.05) is 6.92 Å². The number of hydrogen-bond donors (Lipinski definition) is 3. The molecule has 0 aliphatic carbocycles. The van der Waals surface area contributed by atoms with Gasteiger partial charge in [-0.3, -0.25) is 14.7 Å². The van der Waals surface area contributed by atoms with E-state index in [1.54, 1.807) is 13.8 Å². The number of amides is 2. The van der Waals surface area contributed by atoms with Crippen LogP contribution >= 0.6 is 0 Å². The Kier molecular flexibility index (Phi) is 3.21. The highest BCUT2D eigenvalue weighted by atomic mass is 16.2. The molecule has 0 saturated carbocycles. The maximum absolute atomic E-state index is 12.5. The molecule has 0 unspecified atom stereocenters. The van der Waals surface area contributed by atoms with Crippen molar-refractivity contribution in [2.24, 2.45) is 0 Å². The summed E-state index contributed by atoms with van der Waals surface area (Å²) in [5.74, 6) is -0.481. The zero-order valence-corrected chi connectivity index (χ0v) is 11.4. The molecule has 0 bridgehead atoms. The average Bonchev–Trinajstić information content (AvgIpc) is 2.73. The average molecular weight is 265 g/mol. The van der Waals surface area contributed by atoms with Gasteiger partial charge in [0.15, 0.2) is 5.69 Å². The van der Waals surface area contributed by atoms with Crippen LogP contribution in [0.4, 0.5) is 5.69 Å². The number of nitrogens with two attached hydrogens (primary N) is 1. The number of aryl methyl sites for hydroxylation is 1. The van der Waals surface area contributed by atoms with Crippen LogP contribution in [-0.2, 0) is 11.2 Å². The van der Waals surface area contributed by atoms with Gasteiger partial charge in [0, 0.05) is 13.1 Å². The van der Waals surface area contributed by atoms with Gasteiger partial charge >= 0.3 is 0 Å². The van der Waals surface area contributed by atoms with Gasteiger partial charge in [-0.2, -0.15) is 5.10 Å². The molecule has 7 heteroatoms. The molecular formula is C12H19N5O2. The molecule has 2 heterocycles. The second-order valence-electron chi connectivity index (χ2n) is 5.09. The summed E-state index contributed by atoms with van der Waals surface area (Å²) in [7, 11) is 0. The highest BCUT2D eigenvalue weighted by molar-refractivity contribution is 6.01. The fourth-order valence-electron chi connectivity index (χ4n) is 2.20. The van der Waals surface area contributed by atoms with Crippen molar-refractivity contribution >= 4 is 17.5 Å². The number of aromatic nitrogens is 2. The highest BCUT2D eigenvalue weighted by Crippen LogP contribution is 2.23. The Balaban J connectivity index is 2.33. The quantitative estimate of drug-likeness (QED) is 0.694. The van der Waals surface area contributed by atoms with Gasteiger partial charge in [-0.25, -0.2) is 0 Å². The molecule has 2 rings (SSSR count). The number of piperazine rings is 1. The van der Waals surface area contributed by atoms with Crippen LogP contribution in [-0.4, -0.2) is 45.5 Å². The van der Waals surface area contributed by atoms with Crippen LogP contribution in [0.25, 0.3) is 0 Å². The molecule has 1 aliphatic rings. The number of H-pyrrole nitrogens is 1. The summed E-state index contributed by atoms with van der Waals surface area (Å²) in [6.07, 6.45) is 0.677. The second-order valence-corrected chi connectivity index (χ2v) is 5.09. The van der Waals surface area contributed by atoms with Crippen LogP contribution in [0, 0.1) is 0 Å². The Morgan fingerprint density at radius 3 is 2.79 bits per heavy atom. The molecule has 0 atom stereocenters. The monoisotopic (exact) mass is 265 g/mol. The number of carbonyl (C=O) groups is 2. The lowest BCUT2D eigenvalue weighted by Crippen LogP contribution is -2.63. The first-order valence-corrected chi connectivity index (χ1v) is 6.32. The summed E-state index contributed by atoms with van der Waals surface area (Å²) in [6, 6.07) is 0. The number of nitrogens with zero attached hydrogens (tertiary/aromatic N) is 2. The Morgan fingerprint density at radius 1 is 1.53 bits per heavy atom. The van der Waals surface area contributed by atoms with Crippen LogP contribution in [0.3, 0.4) is 0 Å². The summed E-state index contributed by atoms with van der Waals surface area (Å²) >= 11 is 0. The number of carbonyl (C=O) groups excluding carboxylic acids is 2. The molecule has 1 fully saturated rings. The first-order valence-electron chi connectivity index (χ1n) is 6.32. The fraction of sp³-hybridized carbons (Fsp3) is 0.583. The third-order valence-corrected chi connectivity index (χ3v) is 3.54. The van der Waals surface area contributed by atoms with E-state index in [1.807, 2.05) is 6.92 Å². The van der Waals surface area contributed by atoms with E-state index in [1.165, 1.54) is 4.90 Å². The predicted octanol–water partition coefficient (Wildman–Crippen LogP) is -0.0951. The molecule has 0 spiro atoms. The normalized spacial score (nSPS) is 18.3. The molecule has 1 aromatic rings. The summed E-state index contributed by atoms with van der Waals surface area (Å²) in [6.45, 7) is 6.24. The topological polar surface area (TPSA) is 104 Å². The van der Waals surface area contributed by atoms with Crippen LogP contribution in [0.15, 0.2) is 0 Å². The molecule has 0 radical (unpaired) electrons. The van der Waals surface area contributed by atoms with Crippen LogP contribution < -0.4 is 11.1 Å². The fourth-order valence-corrected chi connectivity index (χ4v) is 2.20. The van der Waals surface area contributed by atoms with Gasteiger partial charge in [-0.15, -0.1) is 0 Å². The van der Waals surface area contributed by atoms with E-state index in [0.717, 1.165) is 5.69 Å². The van der Waals surface area contributed by atoms with Crippen molar-refractivity contribution in [3.05, 3.63) is 11.4 Å². The van der Waals surface area contributed by atoms with Crippen molar-refractivity contribution in [1.29, 1.82) is 0 Å². The standard InChI is InChI=1S/C12H19N5O2/c1-4-7-8(13)9(16-15-7)10(18)17-6-5-14-11(19)12(17,2)3/h4-6,13H2,1-3H3,(H,14,19)(H,15,16). The Hall–Kier alpha value is -2.05. The van der Waals surface area contributed by atoms with Gasteiger partial charge in [0.2, 0.25) is 5.91 Å². The zero-order chi connectivity index (χ0) is 14.2. The van der Waals surface area contributed by atoms with E-state index in [2.05, 4.69) is 15.5 Å². The Labute approximate surface area is 111 Å². The SMILES string of the molecule is CCc1[nH]nc(C(=O)N2CCNC(=O)C2(C)C)c1N. The minimum absolute atomic E-state index is 0.170. The molecule has 2 amide bonds. The minimum Gasteiger partial charge on any atom is -0.395 e. The number of nitrogen functional groups attached to an aromatic ring is 1. The summed E-state index contributed by atoms with van der Waals surface area (Å²) in [4.78, 5) is 25.8. The van der Waals surface area contributed by atoms with E-state index in [0.29, 0.717) is 25.2 Å². The molecule has 19 heavy (non-hydrogen) atoms. The van der Waals surface area contributed by atoms with Gasteiger partial charge in [0.25, 0.3) is 5.91 Å². The third kappa shape index (κ3) is 2.05. The van der Waals surface area contributed by atoms with E-state index >= 15 is 0 Å². The number of aromatic amines is 1. The van der Waals surface area contributed by atoms with Crippen molar-refractivity contribution in [2.75, 3.05) is 18.8 Å². The van der Waals surface area contributed by atoms with Crippen LogP contribution in [0.2, 0.25) is 0 Å². The molecule has 4 N–H and O–H groups in total. The van der Waals surface area contributed by atoms with Gasteiger partial charge < -0.3 is 16.0 Å². The molecule has 1 aliphatic heterocycles. The number of rotatable bonds is 2. The zero-order valence-electron chi connectivity index (χ0n) is 11.4. The van der Waals surface area contributed by atoms with Gasteiger partial charge in [-0.05, 0) is 20.3 Å². The predicted molar refractivity (Wildman–Crippen MR) is 70.5 cm³/mol. The van der Waals surface area contributed by atoms with Gasteiger partial charge in [0.05, 0.1) is 11.4 Å². The van der Waals surface area contributed by atoms with Crippen molar-refractivity contribution < 1.29 is 9.59 Å². The van der Waals surface area contributed by atoms with Crippen molar-refractivity contribution in [2.45, 2.75) is 32.7 Å². The molecular weight excluding hydrogens is 246 g/mol. The molecule has 7 nitrogen and oxygen atoms in total. The maximum Gasteiger partial charge on any atom is 0.277 e. The van der Waals surface area contributed by atoms with Gasteiger partial charge in [0.1, 0.15) is 5.54 Å². The van der Waals surface area contributed by atoms with E-state index in [-0.39, 0.29) is 17.5 Å². The van der Waals surface area contributed by atoms with Crippen molar-refractivity contribution in [3.63, 3.8) is 0 Å². The van der Waals surface area contributed by atoms with E-state index in [9.17, 15) is 9.59 Å². The third-order valence-electron chi connectivity index (χ3n) is 3.54. The molecule has 1 saturated heterocycles. The lowest BCUT2D eigenvalue weighted by molar-refractivity contribution is -0.133. The first-order chi connectivity index (χ1) is 8.89. The smallest absolute Gasteiger partial charge is 0.277 e. The molecule has 104 valence electrons. The van der Waals surface area contributed by atoms with Crippen molar-refractivity contribution in [3.8, 4) is 0 Å². The maximum atomic E-state index is 12.5. The summed E-state index contributed by atoms with van der Waals surface area (Å²) in [5, 5.41) is 9.49. The lowest BCUT2D eigenvalue weighted by atomic mass is 9.98. The number of hydrogen-bond acceptors (Lipinski definition) is 4. The van der Waals surface area contributed by atoms with Crippen LogP contribution in [0.5, 0.6) is 0 Å². The van der Waals surface area contributed by atoms with Crippen LogP contribution in [0.1, 0.15) is 37.0 Å². The van der Waals surface area contributed by atoms with Crippen molar-refractivity contribution in [1.82, 2.24) is 20.4 Å². The van der Waals surface area contributed by atoms with E-state index in [4.69, 9.17) is 5.73 Å². The minimum atomic E-state index is -0.896. The second kappa shape index (κ2) is 4.56. The molecule has 1 aromatic heterocycles. The summed E-state index contributed by atoms with van der Waals surface area (Å²) < 4.78 is 0. The molecule has 0 aromatic carbocycles. The van der Waals surface area contributed by atoms with E-state index < -0.39 is 5.54 Å². The highest BCUT2D eigenvalue weighted by Gasteiger charge is 2.41. The lowest BCUT2D eigenvalue weighted by Gasteiger charge is -2.40.